The Kier molecular flexibility index (Phi) is 6.09. The van der Waals surface area contributed by atoms with Gasteiger partial charge in [-0.15, -0.1) is 0 Å². The Morgan fingerprint density at radius 2 is 1.79 bits per heavy atom. The highest BCUT2D eigenvalue weighted by molar-refractivity contribution is 5.76. The second-order valence-electron chi connectivity index (χ2n) is 10.7. The zero-order chi connectivity index (χ0) is 23.8. The molecule has 1 amide bonds. The van der Waals surface area contributed by atoms with Gasteiger partial charge in [-0.2, -0.15) is 0 Å². The van der Waals surface area contributed by atoms with Crippen molar-refractivity contribution in [1.82, 2.24) is 14.5 Å². The minimum atomic E-state index is -1.16. The normalized spacial score (nSPS) is 25.3. The van der Waals surface area contributed by atoms with Gasteiger partial charge in [0.1, 0.15) is 5.67 Å². The third-order valence-corrected chi connectivity index (χ3v) is 8.61. The van der Waals surface area contributed by atoms with E-state index >= 15 is 0 Å². The second kappa shape index (κ2) is 8.91. The van der Waals surface area contributed by atoms with Crippen LogP contribution in [0.5, 0.6) is 0 Å². The summed E-state index contributed by atoms with van der Waals surface area (Å²) in [5, 5.41) is 11.9. The lowest BCUT2D eigenvalue weighted by atomic mass is 9.65. The molecule has 0 unspecified atom stereocenters. The summed E-state index contributed by atoms with van der Waals surface area (Å²) in [7, 11) is 0. The fourth-order valence-corrected chi connectivity index (χ4v) is 6.20. The van der Waals surface area contributed by atoms with Crippen LogP contribution in [-0.4, -0.2) is 49.8 Å². The zero-order valence-corrected chi connectivity index (χ0v) is 19.7. The first kappa shape index (κ1) is 23.2. The van der Waals surface area contributed by atoms with Gasteiger partial charge in [0.25, 0.3) is 5.56 Å². The summed E-state index contributed by atoms with van der Waals surface area (Å²) < 4.78 is 15.9. The minimum Gasteiger partial charge on any atom is -0.387 e. The van der Waals surface area contributed by atoms with Crippen LogP contribution in [0.2, 0.25) is 0 Å². The fraction of sp³-hybridized carbons (Fsp3) is 0.593. The number of aliphatic hydroxyl groups is 1. The van der Waals surface area contributed by atoms with E-state index in [0.29, 0.717) is 44.5 Å². The molecule has 1 aliphatic heterocycles. The van der Waals surface area contributed by atoms with Crippen LogP contribution < -0.4 is 5.56 Å². The maximum atomic E-state index is 14.4. The number of likely N-dealkylation sites (tertiary alicyclic amines) is 1. The average Bonchev–Trinajstić information content (AvgIpc) is 3.30. The van der Waals surface area contributed by atoms with Crippen molar-refractivity contribution in [3.63, 3.8) is 0 Å². The SMILES string of the molecule is O=C(CCC1(F)CCC1)N1CC[C@@](O)(Cn2cnc(-c3ccccc3)cc2=O)C2(CCCC2)C1. The number of hydrogen-bond acceptors (Lipinski definition) is 4. The smallest absolute Gasteiger partial charge is 0.253 e. The number of aromatic nitrogens is 2. The molecule has 0 radical (unpaired) electrons. The highest BCUT2D eigenvalue weighted by Gasteiger charge is 2.55. The van der Waals surface area contributed by atoms with Gasteiger partial charge in [0, 0.05) is 36.6 Å². The first-order valence-electron chi connectivity index (χ1n) is 12.6. The molecule has 1 aromatic heterocycles. The molecular formula is C27H34FN3O3. The monoisotopic (exact) mass is 467 g/mol. The molecule has 3 aliphatic rings. The standard InChI is InChI=1S/C27H34FN3O3/c28-26(12-6-13-26)14-9-23(32)30-16-15-27(34,25(18-30)10-4-5-11-25)19-31-20-29-22(17-24(31)33)21-7-2-1-3-8-21/h1-3,7-8,17,20,34H,4-6,9-16,18-19H2/t27-/m1/s1. The first-order valence-corrected chi connectivity index (χ1v) is 12.6. The van der Waals surface area contributed by atoms with E-state index in [1.54, 1.807) is 0 Å². The van der Waals surface area contributed by atoms with E-state index in [9.17, 15) is 19.1 Å². The van der Waals surface area contributed by atoms with Crippen LogP contribution in [0.3, 0.4) is 0 Å². The number of hydrogen-bond donors (Lipinski definition) is 1. The second-order valence-corrected chi connectivity index (χ2v) is 10.7. The fourth-order valence-electron chi connectivity index (χ4n) is 6.20. The predicted molar refractivity (Wildman–Crippen MR) is 128 cm³/mol. The van der Waals surface area contributed by atoms with E-state index in [0.717, 1.165) is 37.7 Å². The van der Waals surface area contributed by atoms with Crippen molar-refractivity contribution in [3.8, 4) is 11.3 Å². The largest absolute Gasteiger partial charge is 0.387 e. The lowest BCUT2D eigenvalue weighted by molar-refractivity contribution is -0.161. The molecule has 1 aromatic carbocycles. The molecule has 182 valence electrons. The summed E-state index contributed by atoms with van der Waals surface area (Å²) in [6, 6.07) is 11.1. The van der Waals surface area contributed by atoms with Crippen molar-refractivity contribution in [2.75, 3.05) is 13.1 Å². The van der Waals surface area contributed by atoms with Crippen LogP contribution in [0.25, 0.3) is 11.3 Å². The Labute approximate surface area is 199 Å². The van der Waals surface area contributed by atoms with Gasteiger partial charge in [0.05, 0.1) is 24.2 Å². The van der Waals surface area contributed by atoms with Gasteiger partial charge in [-0.05, 0) is 44.9 Å². The molecule has 1 atom stereocenters. The topological polar surface area (TPSA) is 75.4 Å². The number of rotatable bonds is 6. The summed E-state index contributed by atoms with van der Waals surface area (Å²) >= 11 is 0. The van der Waals surface area contributed by atoms with Crippen molar-refractivity contribution in [2.45, 2.75) is 82.0 Å². The zero-order valence-electron chi connectivity index (χ0n) is 19.7. The first-order chi connectivity index (χ1) is 16.3. The third-order valence-electron chi connectivity index (χ3n) is 8.61. The Balaban J connectivity index is 1.32. The summed E-state index contributed by atoms with van der Waals surface area (Å²) in [5.74, 6) is -0.0108. The Morgan fingerprint density at radius 3 is 2.44 bits per heavy atom. The number of halogens is 1. The van der Waals surface area contributed by atoms with Crippen molar-refractivity contribution in [1.29, 1.82) is 0 Å². The molecule has 3 fully saturated rings. The Hall–Kier alpha value is -2.54. The van der Waals surface area contributed by atoms with Crippen LogP contribution in [0.15, 0.2) is 47.5 Å². The van der Waals surface area contributed by atoms with Gasteiger partial charge in [-0.3, -0.25) is 14.2 Å². The predicted octanol–water partition coefficient (Wildman–Crippen LogP) is 4.11. The summed E-state index contributed by atoms with van der Waals surface area (Å²) in [4.78, 5) is 32.2. The number of alkyl halides is 1. The molecule has 34 heavy (non-hydrogen) atoms. The Bertz CT molecular complexity index is 1090. The van der Waals surface area contributed by atoms with Crippen LogP contribution in [0.4, 0.5) is 4.39 Å². The van der Waals surface area contributed by atoms with E-state index < -0.39 is 16.7 Å². The van der Waals surface area contributed by atoms with E-state index in [-0.39, 0.29) is 24.4 Å². The van der Waals surface area contributed by atoms with Gasteiger partial charge < -0.3 is 10.0 Å². The molecule has 2 saturated carbocycles. The van der Waals surface area contributed by atoms with Crippen molar-refractivity contribution < 1.29 is 14.3 Å². The molecule has 2 aliphatic carbocycles. The third kappa shape index (κ3) is 4.30. The number of benzene rings is 1. The molecule has 0 bridgehead atoms. The highest BCUT2D eigenvalue weighted by Crippen LogP contribution is 2.51. The van der Waals surface area contributed by atoms with Crippen molar-refractivity contribution in [3.05, 3.63) is 53.1 Å². The van der Waals surface area contributed by atoms with Crippen molar-refractivity contribution >= 4 is 5.91 Å². The van der Waals surface area contributed by atoms with Crippen LogP contribution in [-0.2, 0) is 11.3 Å². The Morgan fingerprint density at radius 1 is 1.06 bits per heavy atom. The number of carbonyl (C=O) groups excluding carboxylic acids is 1. The summed E-state index contributed by atoms with van der Waals surface area (Å²) in [5.41, 5.74) is -1.39. The van der Waals surface area contributed by atoms with E-state index in [2.05, 4.69) is 4.98 Å². The van der Waals surface area contributed by atoms with Crippen LogP contribution in [0, 0.1) is 5.41 Å². The lowest BCUT2D eigenvalue weighted by Gasteiger charge is -2.52. The molecule has 6 nitrogen and oxygen atoms in total. The molecular weight excluding hydrogens is 433 g/mol. The van der Waals surface area contributed by atoms with Gasteiger partial charge in [-0.1, -0.05) is 43.2 Å². The maximum absolute atomic E-state index is 14.4. The highest BCUT2D eigenvalue weighted by atomic mass is 19.1. The number of nitrogens with zero attached hydrogens (tertiary/aromatic N) is 3. The van der Waals surface area contributed by atoms with Gasteiger partial charge in [-0.25, -0.2) is 9.37 Å². The van der Waals surface area contributed by atoms with Crippen molar-refractivity contribution in [2.24, 2.45) is 5.41 Å². The number of carbonyl (C=O) groups is 1. The summed E-state index contributed by atoms with van der Waals surface area (Å²) in [6.07, 6.45) is 8.15. The number of piperidine rings is 1. The van der Waals surface area contributed by atoms with E-state index in [4.69, 9.17) is 0 Å². The maximum Gasteiger partial charge on any atom is 0.253 e. The van der Waals surface area contributed by atoms with Crippen LogP contribution in [0.1, 0.15) is 64.2 Å². The molecule has 1 N–H and O–H groups in total. The molecule has 2 heterocycles. The van der Waals surface area contributed by atoms with Crippen LogP contribution >= 0.6 is 0 Å². The average molecular weight is 468 g/mol. The minimum absolute atomic E-state index is 0.0108. The van der Waals surface area contributed by atoms with E-state index in [1.807, 2.05) is 35.2 Å². The molecule has 1 saturated heterocycles. The van der Waals surface area contributed by atoms with Gasteiger partial charge in [0.15, 0.2) is 0 Å². The van der Waals surface area contributed by atoms with Gasteiger partial charge in [0.2, 0.25) is 5.91 Å². The lowest BCUT2D eigenvalue weighted by Crippen LogP contribution is -2.62. The van der Waals surface area contributed by atoms with Gasteiger partial charge >= 0.3 is 0 Å². The molecule has 1 spiro atoms. The molecule has 5 rings (SSSR count). The molecule has 7 heteroatoms. The molecule has 2 aromatic rings. The number of amides is 1. The summed E-state index contributed by atoms with van der Waals surface area (Å²) in [6.45, 7) is 1.08. The van der Waals surface area contributed by atoms with E-state index in [1.165, 1.54) is 17.0 Å². The quantitative estimate of drug-likeness (QED) is 0.694.